The number of carbonyl (C=O) groups is 1. The monoisotopic (exact) mass is 468 g/mol. The lowest BCUT2D eigenvalue weighted by Gasteiger charge is -2.10. The van der Waals surface area contributed by atoms with Gasteiger partial charge in [-0.2, -0.15) is 5.10 Å². The van der Waals surface area contributed by atoms with E-state index >= 15 is 0 Å². The van der Waals surface area contributed by atoms with Gasteiger partial charge in [0.2, 0.25) is 0 Å². The van der Waals surface area contributed by atoms with Crippen LogP contribution in [-0.4, -0.2) is 20.8 Å². The van der Waals surface area contributed by atoms with Crippen LogP contribution in [0.3, 0.4) is 0 Å². The molecular weight excluding hydrogens is 447 g/mol. The van der Waals surface area contributed by atoms with E-state index in [-0.39, 0.29) is 18.8 Å². The summed E-state index contributed by atoms with van der Waals surface area (Å²) in [7, 11) is 0. The number of aromatic nitrogens is 3. The Morgan fingerprint density at radius 2 is 2.03 bits per heavy atom. The average Bonchev–Trinajstić information content (AvgIpc) is 3.37. The first kappa shape index (κ1) is 22.5. The molecule has 1 N–H and O–H groups in total. The van der Waals surface area contributed by atoms with E-state index in [0.29, 0.717) is 27.6 Å². The highest BCUT2D eigenvalue weighted by molar-refractivity contribution is 6.31. The van der Waals surface area contributed by atoms with Gasteiger partial charge in [0.25, 0.3) is 5.91 Å². The van der Waals surface area contributed by atoms with E-state index in [1.165, 1.54) is 23.0 Å². The van der Waals surface area contributed by atoms with Crippen LogP contribution in [0.4, 0.5) is 10.1 Å². The lowest BCUT2D eigenvalue weighted by Crippen LogP contribution is -2.15. The van der Waals surface area contributed by atoms with Crippen molar-refractivity contribution in [1.29, 1.82) is 0 Å². The summed E-state index contributed by atoms with van der Waals surface area (Å²) in [5.74, 6) is 0.343. The molecule has 2 aromatic heterocycles. The predicted molar refractivity (Wildman–Crippen MR) is 122 cm³/mol. The maximum Gasteiger partial charge on any atom is 0.278 e. The second-order valence-electron chi connectivity index (χ2n) is 7.70. The highest BCUT2D eigenvalue weighted by Gasteiger charge is 2.21. The van der Waals surface area contributed by atoms with Crippen LogP contribution in [0.1, 0.15) is 38.5 Å². The zero-order chi connectivity index (χ0) is 23.5. The van der Waals surface area contributed by atoms with Crippen molar-refractivity contribution >= 4 is 23.2 Å². The van der Waals surface area contributed by atoms with Gasteiger partial charge in [0.15, 0.2) is 5.69 Å². The lowest BCUT2D eigenvalue weighted by molar-refractivity contribution is 0.101. The fourth-order valence-electron chi connectivity index (χ4n) is 3.30. The predicted octanol–water partition coefficient (Wildman–Crippen LogP) is 5.47. The number of aryl methyl sites for hydroxylation is 3. The molecule has 0 spiro atoms. The number of nitrogens with zero attached hydrogens (tertiary/aromatic N) is 3. The van der Waals surface area contributed by atoms with Gasteiger partial charge in [0.05, 0.1) is 24.0 Å². The van der Waals surface area contributed by atoms with Crippen molar-refractivity contribution in [3.63, 3.8) is 0 Å². The number of rotatable bonds is 7. The van der Waals surface area contributed by atoms with Crippen molar-refractivity contribution in [2.75, 3.05) is 5.32 Å². The Morgan fingerprint density at radius 1 is 1.21 bits per heavy atom. The fourth-order valence-corrected chi connectivity index (χ4v) is 3.53. The van der Waals surface area contributed by atoms with Crippen molar-refractivity contribution in [2.45, 2.75) is 33.9 Å². The topological polar surface area (TPSA) is 82.2 Å². The van der Waals surface area contributed by atoms with Gasteiger partial charge in [-0.05, 0) is 50.1 Å². The maximum absolute atomic E-state index is 14.0. The van der Waals surface area contributed by atoms with Crippen LogP contribution in [0.5, 0.6) is 5.75 Å². The van der Waals surface area contributed by atoms with Crippen LogP contribution in [0, 0.1) is 26.6 Å². The Labute approximate surface area is 195 Å². The molecule has 9 heteroatoms. The Morgan fingerprint density at radius 3 is 2.82 bits per heavy atom. The van der Waals surface area contributed by atoms with Gasteiger partial charge in [-0.25, -0.2) is 4.39 Å². The van der Waals surface area contributed by atoms with E-state index in [4.69, 9.17) is 20.9 Å². The smallest absolute Gasteiger partial charge is 0.278 e. The molecule has 2 heterocycles. The summed E-state index contributed by atoms with van der Waals surface area (Å²) >= 11 is 6.08. The zero-order valence-corrected chi connectivity index (χ0v) is 19.1. The molecule has 0 saturated heterocycles. The van der Waals surface area contributed by atoms with Crippen LogP contribution >= 0.6 is 11.6 Å². The maximum atomic E-state index is 14.0. The lowest BCUT2D eigenvalue weighted by atomic mass is 10.1. The molecule has 170 valence electrons. The number of amides is 1. The molecule has 33 heavy (non-hydrogen) atoms. The molecule has 7 nitrogen and oxygen atoms in total. The van der Waals surface area contributed by atoms with E-state index in [1.54, 1.807) is 19.2 Å². The number of nitrogens with one attached hydrogen (secondary N) is 1. The number of hydrogen-bond acceptors (Lipinski definition) is 5. The molecule has 0 atom stereocenters. The molecule has 0 aliphatic rings. The molecule has 0 unspecified atom stereocenters. The first-order valence-electron chi connectivity index (χ1n) is 10.2. The van der Waals surface area contributed by atoms with Gasteiger partial charge in [-0.1, -0.05) is 35.0 Å². The first-order chi connectivity index (χ1) is 15.8. The van der Waals surface area contributed by atoms with E-state index in [2.05, 4.69) is 15.6 Å². The third-order valence-electron chi connectivity index (χ3n) is 5.19. The van der Waals surface area contributed by atoms with Crippen molar-refractivity contribution in [2.24, 2.45) is 0 Å². The van der Waals surface area contributed by atoms with E-state index in [0.717, 1.165) is 16.9 Å². The highest BCUT2D eigenvalue weighted by atomic mass is 35.5. The molecule has 0 fully saturated rings. The average molecular weight is 469 g/mol. The molecule has 0 aliphatic heterocycles. The van der Waals surface area contributed by atoms with Crippen LogP contribution in [0.15, 0.2) is 53.3 Å². The van der Waals surface area contributed by atoms with Crippen molar-refractivity contribution in [3.05, 3.63) is 93.3 Å². The largest absolute Gasteiger partial charge is 0.488 e. The molecule has 4 rings (SSSR count). The van der Waals surface area contributed by atoms with Gasteiger partial charge < -0.3 is 14.6 Å². The van der Waals surface area contributed by atoms with E-state index in [9.17, 15) is 9.18 Å². The summed E-state index contributed by atoms with van der Waals surface area (Å²) in [5, 5.41) is 11.1. The summed E-state index contributed by atoms with van der Waals surface area (Å²) in [5.41, 5.74) is 3.49. The Kier molecular flexibility index (Phi) is 6.46. The molecule has 0 aliphatic carbocycles. The molecule has 0 radical (unpaired) electrons. The molecular formula is C24H22ClFN4O3. The minimum absolute atomic E-state index is 0.124. The van der Waals surface area contributed by atoms with Crippen LogP contribution in [0.25, 0.3) is 0 Å². The fraction of sp³-hybridized carbons (Fsp3) is 0.208. The Bertz CT molecular complexity index is 1290. The summed E-state index contributed by atoms with van der Waals surface area (Å²) in [4.78, 5) is 12.8. The standard InChI is InChI=1S/C24H22ClFN4O3/c1-14-7-8-15(2)22(9-14)32-13-19-16(3)33-29-23(19)24(31)28-17-10-27-30(11-17)12-18-20(25)5-4-6-21(18)26/h4-11H,12-13H2,1-3H3,(H,28,31). The summed E-state index contributed by atoms with van der Waals surface area (Å²) in [6.45, 7) is 5.92. The third-order valence-corrected chi connectivity index (χ3v) is 5.54. The third kappa shape index (κ3) is 5.06. The quantitative estimate of drug-likeness (QED) is 0.389. The number of ether oxygens (including phenoxy) is 1. The molecule has 1 amide bonds. The summed E-state index contributed by atoms with van der Waals surface area (Å²) < 4.78 is 26.7. The number of halogens is 2. The second kappa shape index (κ2) is 9.46. The molecule has 0 saturated carbocycles. The molecule has 4 aromatic rings. The number of carbonyl (C=O) groups excluding carboxylic acids is 1. The van der Waals surface area contributed by atoms with Gasteiger partial charge in [0, 0.05) is 16.8 Å². The minimum Gasteiger partial charge on any atom is -0.488 e. The SMILES string of the molecule is Cc1ccc(C)c(OCc2c(C(=O)Nc3cnn(Cc4c(F)cccc4Cl)c3)noc2C)c1. The van der Waals surface area contributed by atoms with Gasteiger partial charge in [-0.15, -0.1) is 0 Å². The van der Waals surface area contributed by atoms with Crippen LogP contribution in [0.2, 0.25) is 5.02 Å². The van der Waals surface area contributed by atoms with Crippen LogP contribution < -0.4 is 10.1 Å². The number of hydrogen-bond donors (Lipinski definition) is 1. The second-order valence-corrected chi connectivity index (χ2v) is 8.11. The van der Waals surface area contributed by atoms with Crippen LogP contribution in [-0.2, 0) is 13.2 Å². The molecule has 2 aromatic carbocycles. The normalized spacial score (nSPS) is 10.9. The van der Waals surface area contributed by atoms with E-state index < -0.39 is 11.7 Å². The van der Waals surface area contributed by atoms with Gasteiger partial charge in [-0.3, -0.25) is 9.48 Å². The Hall–Kier alpha value is -3.65. The summed E-state index contributed by atoms with van der Waals surface area (Å²) in [6, 6.07) is 10.4. The van der Waals surface area contributed by atoms with Crippen molar-refractivity contribution in [1.82, 2.24) is 14.9 Å². The minimum atomic E-state index is -0.463. The molecule has 0 bridgehead atoms. The van der Waals surface area contributed by atoms with Crippen molar-refractivity contribution in [3.8, 4) is 5.75 Å². The van der Waals surface area contributed by atoms with E-state index in [1.807, 2.05) is 32.0 Å². The Balaban J connectivity index is 1.46. The van der Waals surface area contributed by atoms with Gasteiger partial charge in [0.1, 0.15) is 23.9 Å². The number of anilines is 1. The zero-order valence-electron chi connectivity index (χ0n) is 18.4. The summed E-state index contributed by atoms with van der Waals surface area (Å²) in [6.07, 6.45) is 3.05. The first-order valence-corrected chi connectivity index (χ1v) is 10.6. The number of benzene rings is 2. The van der Waals surface area contributed by atoms with Crippen molar-refractivity contribution < 1.29 is 18.4 Å². The van der Waals surface area contributed by atoms with Gasteiger partial charge >= 0.3 is 0 Å². The highest BCUT2D eigenvalue weighted by Crippen LogP contribution is 2.24.